The zero-order valence-electron chi connectivity index (χ0n) is 16.5. The van der Waals surface area contributed by atoms with E-state index >= 15 is 0 Å². The van der Waals surface area contributed by atoms with E-state index in [2.05, 4.69) is 10.3 Å². The molecule has 8 nitrogen and oxygen atoms in total. The van der Waals surface area contributed by atoms with E-state index in [9.17, 15) is 19.8 Å². The van der Waals surface area contributed by atoms with Crippen molar-refractivity contribution in [3.8, 4) is 0 Å². The number of alkyl carbamates (subject to hydrolysis) is 1. The monoisotopic (exact) mass is 425 g/mol. The van der Waals surface area contributed by atoms with Crippen LogP contribution in [-0.4, -0.2) is 51.6 Å². The molecule has 1 heterocycles. The SMILES string of the molecule is NC(=O)C(Cc1cscn1)OC(=O)N[C@@H](CC1CCCCC1)[C@@H](O)[C@@H](O)C1CC1. The van der Waals surface area contributed by atoms with Crippen molar-refractivity contribution in [2.45, 2.75) is 82.1 Å². The topological polar surface area (TPSA) is 135 Å². The van der Waals surface area contributed by atoms with E-state index in [1.165, 1.54) is 17.8 Å². The fourth-order valence-electron chi connectivity index (χ4n) is 4.06. The number of amides is 2. The molecule has 2 aliphatic rings. The number of primary amides is 1. The Bertz CT molecular complexity index is 661. The molecular weight excluding hydrogens is 394 g/mol. The van der Waals surface area contributed by atoms with Crippen LogP contribution >= 0.6 is 11.3 Å². The summed E-state index contributed by atoms with van der Waals surface area (Å²) in [6, 6.07) is -0.631. The number of nitrogens with two attached hydrogens (primary N) is 1. The number of rotatable bonds is 10. The average molecular weight is 426 g/mol. The molecule has 4 atom stereocenters. The Labute approximate surface area is 174 Å². The van der Waals surface area contributed by atoms with Crippen molar-refractivity contribution in [2.24, 2.45) is 17.6 Å². The second kappa shape index (κ2) is 10.4. The minimum absolute atomic E-state index is 0.0831. The number of nitrogens with zero attached hydrogens (tertiary/aromatic N) is 1. The van der Waals surface area contributed by atoms with Gasteiger partial charge in [-0.15, -0.1) is 11.3 Å². The van der Waals surface area contributed by atoms with E-state index in [4.69, 9.17) is 10.5 Å². The molecule has 0 saturated heterocycles. The van der Waals surface area contributed by atoms with E-state index in [0.717, 1.165) is 38.5 Å². The van der Waals surface area contributed by atoms with Crippen LogP contribution in [0.4, 0.5) is 4.79 Å². The van der Waals surface area contributed by atoms with Gasteiger partial charge in [-0.3, -0.25) is 4.79 Å². The molecule has 9 heteroatoms. The molecule has 0 radical (unpaired) electrons. The predicted molar refractivity (Wildman–Crippen MR) is 108 cm³/mol. The Balaban J connectivity index is 1.61. The van der Waals surface area contributed by atoms with E-state index in [1.54, 1.807) is 10.9 Å². The Morgan fingerprint density at radius 2 is 1.97 bits per heavy atom. The first-order valence-corrected chi connectivity index (χ1v) is 11.4. The van der Waals surface area contributed by atoms with Gasteiger partial charge in [0.1, 0.15) is 6.10 Å². The molecule has 0 aliphatic heterocycles. The van der Waals surface area contributed by atoms with Gasteiger partial charge in [-0.1, -0.05) is 32.1 Å². The van der Waals surface area contributed by atoms with Crippen molar-refractivity contribution in [2.75, 3.05) is 0 Å². The van der Waals surface area contributed by atoms with Crippen LogP contribution in [0.3, 0.4) is 0 Å². The van der Waals surface area contributed by atoms with Gasteiger partial charge in [-0.25, -0.2) is 9.78 Å². The molecule has 2 aliphatic carbocycles. The predicted octanol–water partition coefficient (Wildman–Crippen LogP) is 1.74. The average Bonchev–Trinajstić information content (AvgIpc) is 3.43. The van der Waals surface area contributed by atoms with Gasteiger partial charge in [0.25, 0.3) is 5.91 Å². The van der Waals surface area contributed by atoms with Gasteiger partial charge in [0.2, 0.25) is 0 Å². The zero-order valence-corrected chi connectivity index (χ0v) is 17.4. The highest BCUT2D eigenvalue weighted by Crippen LogP contribution is 2.36. The highest BCUT2D eigenvalue weighted by atomic mass is 32.1. The third-order valence-electron chi connectivity index (χ3n) is 5.93. The van der Waals surface area contributed by atoms with E-state index in [-0.39, 0.29) is 12.3 Å². The fourth-order valence-corrected chi connectivity index (χ4v) is 4.63. The maximum Gasteiger partial charge on any atom is 0.408 e. The lowest BCUT2D eigenvalue weighted by molar-refractivity contribution is -0.126. The van der Waals surface area contributed by atoms with E-state index in [1.807, 2.05) is 0 Å². The second-order valence-electron chi connectivity index (χ2n) is 8.29. The lowest BCUT2D eigenvalue weighted by atomic mass is 9.82. The van der Waals surface area contributed by atoms with Gasteiger partial charge < -0.3 is 26.0 Å². The van der Waals surface area contributed by atoms with Crippen molar-refractivity contribution in [3.05, 3.63) is 16.6 Å². The van der Waals surface area contributed by atoms with Crippen LogP contribution in [-0.2, 0) is 16.0 Å². The van der Waals surface area contributed by atoms with Crippen LogP contribution in [0.1, 0.15) is 57.1 Å². The van der Waals surface area contributed by atoms with Crippen molar-refractivity contribution in [1.29, 1.82) is 0 Å². The number of nitrogens with one attached hydrogen (secondary N) is 1. The summed E-state index contributed by atoms with van der Waals surface area (Å²) in [6.07, 6.45) is 4.15. The molecule has 0 aromatic carbocycles. The Morgan fingerprint density at radius 1 is 1.24 bits per heavy atom. The lowest BCUT2D eigenvalue weighted by Crippen LogP contribution is -2.51. The number of aliphatic hydroxyl groups excluding tert-OH is 2. The summed E-state index contributed by atoms with van der Waals surface area (Å²) < 4.78 is 5.26. The molecule has 5 N–H and O–H groups in total. The normalized spacial score (nSPS) is 21.7. The van der Waals surface area contributed by atoms with Crippen LogP contribution in [0.15, 0.2) is 10.9 Å². The molecule has 2 fully saturated rings. The maximum absolute atomic E-state index is 12.5. The molecule has 29 heavy (non-hydrogen) atoms. The third-order valence-corrected chi connectivity index (χ3v) is 6.56. The van der Waals surface area contributed by atoms with Gasteiger partial charge >= 0.3 is 6.09 Å². The zero-order chi connectivity index (χ0) is 20.8. The molecule has 0 bridgehead atoms. The van der Waals surface area contributed by atoms with E-state index < -0.39 is 36.4 Å². The summed E-state index contributed by atoms with van der Waals surface area (Å²) in [5, 5.41) is 25.5. The quantitative estimate of drug-likeness (QED) is 0.451. The molecule has 2 saturated carbocycles. The van der Waals surface area contributed by atoms with Crippen molar-refractivity contribution in [3.63, 3.8) is 0 Å². The summed E-state index contributed by atoms with van der Waals surface area (Å²) in [6.45, 7) is 0. The Hall–Kier alpha value is -1.71. The van der Waals surface area contributed by atoms with Gasteiger partial charge in [0.15, 0.2) is 6.10 Å². The minimum Gasteiger partial charge on any atom is -0.436 e. The number of ether oxygens (including phenoxy) is 1. The van der Waals surface area contributed by atoms with Gasteiger partial charge in [-0.2, -0.15) is 0 Å². The van der Waals surface area contributed by atoms with Gasteiger partial charge in [-0.05, 0) is 31.1 Å². The molecule has 1 aromatic heterocycles. The van der Waals surface area contributed by atoms with Crippen LogP contribution in [0, 0.1) is 11.8 Å². The number of thiazole rings is 1. The Kier molecular flexibility index (Phi) is 7.85. The number of carbonyl (C=O) groups excluding carboxylic acids is 2. The smallest absolute Gasteiger partial charge is 0.408 e. The molecule has 1 unspecified atom stereocenters. The first-order chi connectivity index (χ1) is 13.9. The summed E-state index contributed by atoms with van der Waals surface area (Å²) in [7, 11) is 0. The second-order valence-corrected chi connectivity index (χ2v) is 9.01. The number of hydrogen-bond acceptors (Lipinski definition) is 7. The molecule has 0 spiro atoms. The standard InChI is InChI=1S/C20H31N3O5S/c21-19(26)16(9-14-10-29-11-22-14)28-20(27)23-15(8-12-4-2-1-3-5-12)18(25)17(24)13-6-7-13/h10-13,15-18,24-25H,1-9H2,(H2,21,26)(H,23,27)/t15-,16?,17-,18+/m0/s1. The van der Waals surface area contributed by atoms with Crippen molar-refractivity contribution < 1.29 is 24.5 Å². The Morgan fingerprint density at radius 3 is 2.55 bits per heavy atom. The first-order valence-electron chi connectivity index (χ1n) is 10.4. The highest BCUT2D eigenvalue weighted by molar-refractivity contribution is 7.07. The molecular formula is C20H31N3O5S. The molecule has 162 valence electrons. The first kappa shape index (κ1) is 22.0. The number of aromatic nitrogens is 1. The molecule has 3 rings (SSSR count). The fraction of sp³-hybridized carbons (Fsp3) is 0.750. The van der Waals surface area contributed by atoms with Crippen LogP contribution in [0.25, 0.3) is 0 Å². The summed E-state index contributed by atoms with van der Waals surface area (Å²) >= 11 is 1.38. The van der Waals surface area contributed by atoms with Gasteiger partial charge in [0.05, 0.1) is 23.4 Å². The van der Waals surface area contributed by atoms with Crippen LogP contribution < -0.4 is 11.1 Å². The highest BCUT2D eigenvalue weighted by Gasteiger charge is 2.39. The van der Waals surface area contributed by atoms with Gasteiger partial charge in [0, 0.05) is 11.8 Å². The summed E-state index contributed by atoms with van der Waals surface area (Å²) in [5.74, 6) is -0.285. The number of carbonyl (C=O) groups is 2. The third kappa shape index (κ3) is 6.65. The van der Waals surface area contributed by atoms with Crippen LogP contribution in [0.5, 0.6) is 0 Å². The molecule has 1 aromatic rings. The molecule has 2 amide bonds. The van der Waals surface area contributed by atoms with Crippen molar-refractivity contribution >= 4 is 23.3 Å². The van der Waals surface area contributed by atoms with E-state index in [0.29, 0.717) is 18.0 Å². The number of aliphatic hydroxyl groups is 2. The summed E-state index contributed by atoms with van der Waals surface area (Å²) in [5.41, 5.74) is 7.63. The number of hydrogen-bond donors (Lipinski definition) is 4. The largest absolute Gasteiger partial charge is 0.436 e. The lowest BCUT2D eigenvalue weighted by Gasteiger charge is -2.32. The van der Waals surface area contributed by atoms with Crippen molar-refractivity contribution in [1.82, 2.24) is 10.3 Å². The van der Waals surface area contributed by atoms with Crippen LogP contribution in [0.2, 0.25) is 0 Å². The maximum atomic E-state index is 12.5. The minimum atomic E-state index is -1.14. The summed E-state index contributed by atoms with van der Waals surface area (Å²) in [4.78, 5) is 28.3.